The quantitative estimate of drug-likeness (QED) is 0.732. The molecule has 0 N–H and O–H groups in total. The summed E-state index contributed by atoms with van der Waals surface area (Å²) in [5.74, 6) is 0.184. The number of para-hydroxylation sites is 1. The van der Waals surface area contributed by atoms with Gasteiger partial charge in [0.25, 0.3) is 5.91 Å². The molecule has 0 aromatic heterocycles. The van der Waals surface area contributed by atoms with Gasteiger partial charge in [-0.25, -0.2) is 4.79 Å². The monoisotopic (exact) mass is 369 g/mol. The Kier molecular flexibility index (Phi) is 5.64. The van der Waals surface area contributed by atoms with Crippen molar-refractivity contribution in [2.45, 2.75) is 26.4 Å². The van der Waals surface area contributed by atoms with Gasteiger partial charge in [0.1, 0.15) is 0 Å². The van der Waals surface area contributed by atoms with Gasteiger partial charge in [0.2, 0.25) is 0 Å². The third-order valence-corrected chi connectivity index (χ3v) is 4.48. The van der Waals surface area contributed by atoms with Crippen molar-refractivity contribution in [3.05, 3.63) is 53.6 Å². The summed E-state index contributed by atoms with van der Waals surface area (Å²) in [5.41, 5.74) is 2.31. The van der Waals surface area contributed by atoms with Crippen LogP contribution in [0.2, 0.25) is 0 Å². The van der Waals surface area contributed by atoms with Gasteiger partial charge in [-0.05, 0) is 50.1 Å². The van der Waals surface area contributed by atoms with E-state index in [1.807, 2.05) is 31.2 Å². The Bertz CT molecular complexity index is 848. The highest BCUT2D eigenvalue weighted by Gasteiger charge is 2.30. The summed E-state index contributed by atoms with van der Waals surface area (Å²) < 4.78 is 16.1. The van der Waals surface area contributed by atoms with Crippen LogP contribution in [0.3, 0.4) is 0 Å². The van der Waals surface area contributed by atoms with Gasteiger partial charge in [0.05, 0.1) is 19.3 Å². The SMILES string of the molecule is CCOc1ccc(C(=O)O[C@H](C)C(=O)N2CCc3ccccc32)cc1OC. The molecule has 0 bridgehead atoms. The van der Waals surface area contributed by atoms with Crippen molar-refractivity contribution < 1.29 is 23.8 Å². The molecular weight excluding hydrogens is 346 g/mol. The lowest BCUT2D eigenvalue weighted by molar-refractivity contribution is -0.126. The van der Waals surface area contributed by atoms with E-state index in [-0.39, 0.29) is 5.91 Å². The Hall–Kier alpha value is -3.02. The minimum absolute atomic E-state index is 0.230. The number of fused-ring (bicyclic) bond motifs is 1. The van der Waals surface area contributed by atoms with Gasteiger partial charge in [0, 0.05) is 12.2 Å². The average Bonchev–Trinajstić information content (AvgIpc) is 3.11. The Balaban J connectivity index is 1.70. The van der Waals surface area contributed by atoms with Crippen LogP contribution in [-0.2, 0) is 16.0 Å². The van der Waals surface area contributed by atoms with Gasteiger partial charge in [-0.15, -0.1) is 0 Å². The molecule has 3 rings (SSSR count). The molecule has 1 atom stereocenters. The van der Waals surface area contributed by atoms with Crippen LogP contribution in [0.15, 0.2) is 42.5 Å². The van der Waals surface area contributed by atoms with E-state index < -0.39 is 12.1 Å². The number of carbonyl (C=O) groups excluding carboxylic acids is 2. The van der Waals surface area contributed by atoms with E-state index in [0.717, 1.165) is 17.7 Å². The van der Waals surface area contributed by atoms with E-state index in [1.54, 1.807) is 30.0 Å². The van der Waals surface area contributed by atoms with Crippen molar-refractivity contribution in [3.8, 4) is 11.5 Å². The summed E-state index contributed by atoms with van der Waals surface area (Å²) in [6.07, 6.45) is -0.0835. The van der Waals surface area contributed by atoms with Gasteiger partial charge >= 0.3 is 5.97 Å². The highest BCUT2D eigenvalue weighted by atomic mass is 16.5. The van der Waals surface area contributed by atoms with Crippen LogP contribution in [0.1, 0.15) is 29.8 Å². The molecule has 0 saturated heterocycles. The summed E-state index contributed by atoms with van der Waals surface area (Å²) in [7, 11) is 1.50. The van der Waals surface area contributed by atoms with E-state index >= 15 is 0 Å². The van der Waals surface area contributed by atoms with Crippen LogP contribution in [0.25, 0.3) is 0 Å². The van der Waals surface area contributed by atoms with Crippen molar-refractivity contribution in [1.29, 1.82) is 0 Å². The molecule has 1 aliphatic heterocycles. The first-order valence-corrected chi connectivity index (χ1v) is 8.96. The van der Waals surface area contributed by atoms with E-state index in [2.05, 4.69) is 0 Å². The maximum atomic E-state index is 12.7. The van der Waals surface area contributed by atoms with Gasteiger partial charge in [-0.1, -0.05) is 18.2 Å². The number of esters is 1. The van der Waals surface area contributed by atoms with Crippen molar-refractivity contribution >= 4 is 17.6 Å². The normalized spacial score (nSPS) is 13.7. The fourth-order valence-corrected chi connectivity index (χ4v) is 3.13. The molecule has 1 aliphatic rings. The first-order chi connectivity index (χ1) is 13.0. The fourth-order valence-electron chi connectivity index (χ4n) is 3.13. The number of amides is 1. The molecule has 1 heterocycles. The predicted molar refractivity (Wildman–Crippen MR) is 102 cm³/mol. The minimum Gasteiger partial charge on any atom is -0.493 e. The Morgan fingerprint density at radius 1 is 1.15 bits per heavy atom. The topological polar surface area (TPSA) is 65.1 Å². The molecule has 6 nitrogen and oxygen atoms in total. The maximum Gasteiger partial charge on any atom is 0.339 e. The van der Waals surface area contributed by atoms with Gasteiger partial charge < -0.3 is 19.1 Å². The first-order valence-electron chi connectivity index (χ1n) is 8.96. The lowest BCUT2D eigenvalue weighted by Crippen LogP contribution is -2.39. The molecule has 0 saturated carbocycles. The zero-order valence-electron chi connectivity index (χ0n) is 15.7. The third-order valence-electron chi connectivity index (χ3n) is 4.48. The number of anilines is 1. The fraction of sp³-hybridized carbons (Fsp3) is 0.333. The molecule has 0 unspecified atom stereocenters. The van der Waals surface area contributed by atoms with E-state index in [1.165, 1.54) is 7.11 Å². The van der Waals surface area contributed by atoms with E-state index in [4.69, 9.17) is 14.2 Å². The smallest absolute Gasteiger partial charge is 0.339 e. The van der Waals surface area contributed by atoms with E-state index in [9.17, 15) is 9.59 Å². The predicted octanol–water partition coefficient (Wildman–Crippen LogP) is 3.23. The lowest BCUT2D eigenvalue weighted by Gasteiger charge is -2.21. The number of hydrogen-bond acceptors (Lipinski definition) is 5. The molecule has 1 amide bonds. The van der Waals surface area contributed by atoms with Crippen LogP contribution in [-0.4, -0.2) is 38.2 Å². The molecule has 27 heavy (non-hydrogen) atoms. The number of ether oxygens (including phenoxy) is 3. The van der Waals surface area contributed by atoms with Crippen molar-refractivity contribution in [3.63, 3.8) is 0 Å². The molecule has 2 aromatic rings. The van der Waals surface area contributed by atoms with Crippen LogP contribution in [0, 0.1) is 0 Å². The zero-order valence-corrected chi connectivity index (χ0v) is 15.7. The molecule has 0 spiro atoms. The second-order valence-corrected chi connectivity index (χ2v) is 6.21. The second kappa shape index (κ2) is 8.12. The lowest BCUT2D eigenvalue weighted by atomic mass is 10.2. The van der Waals surface area contributed by atoms with Crippen LogP contribution >= 0.6 is 0 Å². The number of carbonyl (C=O) groups is 2. The third kappa shape index (κ3) is 3.89. The summed E-state index contributed by atoms with van der Waals surface area (Å²) in [6.45, 7) is 4.54. The first kappa shape index (κ1) is 18.8. The zero-order chi connectivity index (χ0) is 19.4. The van der Waals surface area contributed by atoms with Crippen LogP contribution < -0.4 is 14.4 Å². The van der Waals surface area contributed by atoms with Crippen molar-refractivity contribution in [1.82, 2.24) is 0 Å². The van der Waals surface area contributed by atoms with Crippen molar-refractivity contribution in [2.75, 3.05) is 25.2 Å². The largest absolute Gasteiger partial charge is 0.493 e. The number of nitrogens with zero attached hydrogens (tertiary/aromatic N) is 1. The second-order valence-electron chi connectivity index (χ2n) is 6.21. The summed E-state index contributed by atoms with van der Waals surface area (Å²) >= 11 is 0. The minimum atomic E-state index is -0.888. The van der Waals surface area contributed by atoms with Gasteiger partial charge in [-0.3, -0.25) is 4.79 Å². The molecule has 142 valence electrons. The number of benzene rings is 2. The van der Waals surface area contributed by atoms with Gasteiger partial charge in [-0.2, -0.15) is 0 Å². The summed E-state index contributed by atoms with van der Waals surface area (Å²) in [6, 6.07) is 12.6. The maximum absolute atomic E-state index is 12.7. The van der Waals surface area contributed by atoms with Crippen LogP contribution in [0.5, 0.6) is 11.5 Å². The van der Waals surface area contributed by atoms with Gasteiger partial charge in [0.15, 0.2) is 17.6 Å². The number of rotatable bonds is 6. The molecule has 0 radical (unpaired) electrons. The highest BCUT2D eigenvalue weighted by Crippen LogP contribution is 2.30. The highest BCUT2D eigenvalue weighted by molar-refractivity contribution is 6.00. The number of hydrogen-bond donors (Lipinski definition) is 0. The molecule has 0 fully saturated rings. The van der Waals surface area contributed by atoms with E-state index in [0.29, 0.717) is 30.2 Å². The molecule has 6 heteroatoms. The molecule has 2 aromatic carbocycles. The Morgan fingerprint density at radius 2 is 1.93 bits per heavy atom. The average molecular weight is 369 g/mol. The summed E-state index contributed by atoms with van der Waals surface area (Å²) in [4.78, 5) is 26.9. The van der Waals surface area contributed by atoms with Crippen LogP contribution in [0.4, 0.5) is 5.69 Å². The van der Waals surface area contributed by atoms with Crippen molar-refractivity contribution in [2.24, 2.45) is 0 Å². The Morgan fingerprint density at radius 3 is 2.67 bits per heavy atom. The Labute approximate surface area is 158 Å². The summed E-state index contributed by atoms with van der Waals surface area (Å²) in [5, 5.41) is 0. The molecule has 0 aliphatic carbocycles. The molecular formula is C21H23NO5. The number of methoxy groups -OCH3 is 1. The standard InChI is InChI=1S/C21H23NO5/c1-4-26-18-10-9-16(13-19(18)25-3)21(24)27-14(2)20(23)22-12-11-15-7-5-6-8-17(15)22/h5-10,13-14H,4,11-12H2,1-3H3/t14-/m1/s1.